The van der Waals surface area contributed by atoms with E-state index in [1.165, 1.54) is 0 Å². The fourth-order valence-corrected chi connectivity index (χ4v) is 1.57. The van der Waals surface area contributed by atoms with Crippen molar-refractivity contribution in [2.24, 2.45) is 0 Å². The van der Waals surface area contributed by atoms with Gasteiger partial charge in [0.15, 0.2) is 0 Å². The van der Waals surface area contributed by atoms with Crippen LogP contribution in [0.2, 0.25) is 0 Å². The summed E-state index contributed by atoms with van der Waals surface area (Å²) in [6.45, 7) is 3.65. The zero-order chi connectivity index (χ0) is 9.52. The molecule has 0 radical (unpaired) electrons. The Kier molecular flexibility index (Phi) is 4.97. The van der Waals surface area contributed by atoms with Crippen molar-refractivity contribution in [3.8, 4) is 0 Å². The highest BCUT2D eigenvalue weighted by Gasteiger charge is 1.99. The number of hydrogen-bond acceptors (Lipinski definition) is 4. The second-order valence-corrected chi connectivity index (χ2v) is 3.73. The van der Waals surface area contributed by atoms with Gasteiger partial charge in [-0.2, -0.15) is 0 Å². The van der Waals surface area contributed by atoms with Gasteiger partial charge >= 0.3 is 0 Å². The number of nitrogens with one attached hydrogen (secondary N) is 1. The molecule has 1 aromatic heterocycles. The third-order valence-corrected chi connectivity index (χ3v) is 2.55. The zero-order valence-electron chi connectivity index (χ0n) is 7.86. The van der Waals surface area contributed by atoms with Gasteiger partial charge < -0.3 is 10.4 Å². The monoisotopic (exact) mass is 200 g/mol. The van der Waals surface area contributed by atoms with Crippen molar-refractivity contribution in [2.75, 3.05) is 6.54 Å². The van der Waals surface area contributed by atoms with Gasteiger partial charge in [0.2, 0.25) is 0 Å². The van der Waals surface area contributed by atoms with E-state index in [-0.39, 0.29) is 6.10 Å². The summed E-state index contributed by atoms with van der Waals surface area (Å²) in [5.74, 6) is 0. The summed E-state index contributed by atoms with van der Waals surface area (Å²) in [6, 6.07) is 0. The fraction of sp³-hybridized carbons (Fsp3) is 0.667. The Labute approximate surface area is 82.8 Å². The van der Waals surface area contributed by atoms with Gasteiger partial charge in [-0.05, 0) is 19.4 Å². The van der Waals surface area contributed by atoms with E-state index in [0.717, 1.165) is 31.6 Å². The van der Waals surface area contributed by atoms with Crippen LogP contribution in [0.5, 0.6) is 0 Å². The lowest BCUT2D eigenvalue weighted by molar-refractivity contribution is 0.159. The first-order valence-corrected chi connectivity index (χ1v) is 5.53. The van der Waals surface area contributed by atoms with Crippen LogP contribution in [-0.4, -0.2) is 22.7 Å². The number of rotatable bonds is 6. The number of aliphatic hydroxyl groups excluding tert-OH is 1. The van der Waals surface area contributed by atoms with Crippen molar-refractivity contribution in [2.45, 2.75) is 32.4 Å². The van der Waals surface area contributed by atoms with Crippen LogP contribution in [0.15, 0.2) is 10.9 Å². The Morgan fingerprint density at radius 2 is 2.54 bits per heavy atom. The molecule has 0 aromatic carbocycles. The van der Waals surface area contributed by atoms with Crippen molar-refractivity contribution in [3.05, 3.63) is 16.6 Å². The van der Waals surface area contributed by atoms with Crippen LogP contribution in [0.4, 0.5) is 0 Å². The summed E-state index contributed by atoms with van der Waals surface area (Å²) in [4.78, 5) is 4.15. The van der Waals surface area contributed by atoms with Crippen LogP contribution in [0.25, 0.3) is 0 Å². The minimum absolute atomic E-state index is 0.164. The van der Waals surface area contributed by atoms with Gasteiger partial charge in [-0.1, -0.05) is 6.92 Å². The van der Waals surface area contributed by atoms with E-state index in [2.05, 4.69) is 10.3 Å². The van der Waals surface area contributed by atoms with Crippen LogP contribution in [0.3, 0.4) is 0 Å². The van der Waals surface area contributed by atoms with Crippen LogP contribution in [-0.2, 0) is 6.54 Å². The number of hydrogen-bond donors (Lipinski definition) is 2. The molecule has 2 N–H and O–H groups in total. The second kappa shape index (κ2) is 6.07. The van der Waals surface area contributed by atoms with Crippen LogP contribution in [0, 0.1) is 0 Å². The molecule has 0 aliphatic heterocycles. The summed E-state index contributed by atoms with van der Waals surface area (Å²) < 4.78 is 0. The number of thiazole rings is 1. The minimum Gasteiger partial charge on any atom is -0.393 e. The van der Waals surface area contributed by atoms with E-state index in [1.807, 2.05) is 17.8 Å². The van der Waals surface area contributed by atoms with E-state index >= 15 is 0 Å². The molecule has 3 nitrogen and oxygen atoms in total. The lowest BCUT2D eigenvalue weighted by Gasteiger charge is -2.07. The normalized spacial score (nSPS) is 13.1. The predicted octanol–water partition coefficient (Wildman–Crippen LogP) is 1.39. The van der Waals surface area contributed by atoms with E-state index < -0.39 is 0 Å². The SMILES string of the molecule is CCC(O)CCNCc1cscn1. The third-order valence-electron chi connectivity index (χ3n) is 1.92. The molecule has 0 aliphatic carbocycles. The summed E-state index contributed by atoms with van der Waals surface area (Å²) >= 11 is 1.61. The van der Waals surface area contributed by atoms with Gasteiger partial charge in [0, 0.05) is 11.9 Å². The maximum absolute atomic E-state index is 9.26. The quantitative estimate of drug-likeness (QED) is 0.682. The Balaban J connectivity index is 2.02. The molecule has 1 atom stereocenters. The molecule has 74 valence electrons. The lowest BCUT2D eigenvalue weighted by Crippen LogP contribution is -2.19. The Bertz CT molecular complexity index is 213. The van der Waals surface area contributed by atoms with Gasteiger partial charge in [-0.15, -0.1) is 11.3 Å². The average molecular weight is 200 g/mol. The molecule has 0 bridgehead atoms. The Morgan fingerprint density at radius 3 is 3.15 bits per heavy atom. The second-order valence-electron chi connectivity index (χ2n) is 3.01. The van der Waals surface area contributed by atoms with E-state index in [1.54, 1.807) is 11.3 Å². The molecule has 1 heterocycles. The number of aromatic nitrogens is 1. The lowest BCUT2D eigenvalue weighted by atomic mass is 10.2. The Morgan fingerprint density at radius 1 is 1.69 bits per heavy atom. The van der Waals surface area contributed by atoms with Crippen LogP contribution in [0.1, 0.15) is 25.5 Å². The Hall–Kier alpha value is -0.450. The van der Waals surface area contributed by atoms with Crippen LogP contribution < -0.4 is 5.32 Å². The first kappa shape index (κ1) is 10.6. The average Bonchev–Trinajstić information content (AvgIpc) is 2.64. The molecular weight excluding hydrogens is 184 g/mol. The molecule has 0 saturated heterocycles. The minimum atomic E-state index is -0.164. The topological polar surface area (TPSA) is 45.1 Å². The molecule has 1 aromatic rings. The fourth-order valence-electron chi connectivity index (χ4n) is 1.01. The van der Waals surface area contributed by atoms with E-state index in [9.17, 15) is 5.11 Å². The van der Waals surface area contributed by atoms with E-state index in [0.29, 0.717) is 0 Å². The molecule has 0 aliphatic rings. The smallest absolute Gasteiger partial charge is 0.0795 e. The molecule has 1 unspecified atom stereocenters. The van der Waals surface area contributed by atoms with Crippen molar-refractivity contribution >= 4 is 11.3 Å². The molecule has 13 heavy (non-hydrogen) atoms. The molecule has 0 spiro atoms. The number of nitrogens with zero attached hydrogens (tertiary/aromatic N) is 1. The molecule has 0 fully saturated rings. The van der Waals surface area contributed by atoms with Crippen molar-refractivity contribution < 1.29 is 5.11 Å². The van der Waals surface area contributed by atoms with Gasteiger partial charge in [0.05, 0.1) is 17.3 Å². The van der Waals surface area contributed by atoms with Crippen molar-refractivity contribution in [1.29, 1.82) is 0 Å². The predicted molar refractivity (Wildman–Crippen MR) is 54.7 cm³/mol. The summed E-state index contributed by atoms with van der Waals surface area (Å²) in [6.07, 6.45) is 1.49. The van der Waals surface area contributed by atoms with Crippen molar-refractivity contribution in [3.63, 3.8) is 0 Å². The largest absolute Gasteiger partial charge is 0.393 e. The first-order valence-electron chi connectivity index (χ1n) is 4.58. The first-order chi connectivity index (χ1) is 6.33. The zero-order valence-corrected chi connectivity index (χ0v) is 8.68. The van der Waals surface area contributed by atoms with E-state index in [4.69, 9.17) is 0 Å². The van der Waals surface area contributed by atoms with Crippen molar-refractivity contribution in [1.82, 2.24) is 10.3 Å². The van der Waals surface area contributed by atoms with Gasteiger partial charge in [-0.3, -0.25) is 0 Å². The van der Waals surface area contributed by atoms with Crippen LogP contribution >= 0.6 is 11.3 Å². The highest BCUT2D eigenvalue weighted by Crippen LogP contribution is 2.00. The van der Waals surface area contributed by atoms with Gasteiger partial charge in [0.1, 0.15) is 0 Å². The maximum atomic E-state index is 9.26. The standard InChI is InChI=1S/C9H16N2OS/c1-2-9(12)3-4-10-5-8-6-13-7-11-8/h6-7,9-10,12H,2-5H2,1H3. The summed E-state index contributed by atoms with van der Waals surface area (Å²) in [5.41, 5.74) is 2.91. The summed E-state index contributed by atoms with van der Waals surface area (Å²) in [7, 11) is 0. The molecule has 0 amide bonds. The maximum Gasteiger partial charge on any atom is 0.0795 e. The molecule has 1 rings (SSSR count). The van der Waals surface area contributed by atoms with Gasteiger partial charge in [-0.25, -0.2) is 4.98 Å². The molecular formula is C9H16N2OS. The highest BCUT2D eigenvalue weighted by atomic mass is 32.1. The third kappa shape index (κ3) is 4.36. The highest BCUT2D eigenvalue weighted by molar-refractivity contribution is 7.07. The summed E-state index contributed by atoms with van der Waals surface area (Å²) in [5, 5.41) is 14.5. The number of aliphatic hydroxyl groups is 1. The molecule has 0 saturated carbocycles. The van der Waals surface area contributed by atoms with Gasteiger partial charge in [0.25, 0.3) is 0 Å². The molecule has 4 heteroatoms.